The van der Waals surface area contributed by atoms with Crippen molar-refractivity contribution >= 4 is 28.5 Å². The van der Waals surface area contributed by atoms with Gasteiger partial charge in [0.15, 0.2) is 0 Å². The first-order valence-electron chi connectivity index (χ1n) is 11.0. The van der Waals surface area contributed by atoms with Gasteiger partial charge < -0.3 is 9.64 Å². The molecule has 1 aromatic carbocycles. The third-order valence-electron chi connectivity index (χ3n) is 5.02. The van der Waals surface area contributed by atoms with Crippen molar-refractivity contribution in [2.75, 3.05) is 18.1 Å². The van der Waals surface area contributed by atoms with E-state index in [4.69, 9.17) is 4.74 Å². The highest BCUT2D eigenvalue weighted by atomic mass is 32.1. The van der Waals surface area contributed by atoms with Gasteiger partial charge in [0.25, 0.3) is 0 Å². The lowest BCUT2D eigenvalue weighted by molar-refractivity contribution is -0.143. The van der Waals surface area contributed by atoms with E-state index in [0.29, 0.717) is 13.0 Å². The van der Waals surface area contributed by atoms with Crippen molar-refractivity contribution in [1.29, 1.82) is 0 Å². The second kappa shape index (κ2) is 12.2. The molecular weight excluding hydrogens is 427 g/mol. The maximum Gasteiger partial charge on any atom is 0.305 e. The number of ether oxygens (including phenoxy) is 1. The number of rotatable bonds is 12. The van der Waals surface area contributed by atoms with E-state index in [1.54, 1.807) is 18.3 Å². The second-order valence-corrected chi connectivity index (χ2v) is 8.24. The van der Waals surface area contributed by atoms with E-state index in [0.717, 1.165) is 66.5 Å². The smallest absolute Gasteiger partial charge is 0.305 e. The van der Waals surface area contributed by atoms with Gasteiger partial charge in [0, 0.05) is 30.7 Å². The zero-order chi connectivity index (χ0) is 22.8. The minimum Gasteiger partial charge on any atom is -0.466 e. The van der Waals surface area contributed by atoms with Gasteiger partial charge in [0.2, 0.25) is 5.13 Å². The zero-order valence-corrected chi connectivity index (χ0v) is 19.4. The lowest BCUT2D eigenvalue weighted by Gasteiger charge is -2.21. The SMILES string of the molecule is CCOC(=O)CCCCCCCN(c1cc(-c2ccc(F)cc2)ccn1)c1nc(C)ns1. The minimum absolute atomic E-state index is 0.113. The summed E-state index contributed by atoms with van der Waals surface area (Å²) in [6, 6.07) is 10.4. The Morgan fingerprint density at radius 3 is 2.53 bits per heavy atom. The monoisotopic (exact) mass is 456 g/mol. The summed E-state index contributed by atoms with van der Waals surface area (Å²) >= 11 is 1.36. The summed E-state index contributed by atoms with van der Waals surface area (Å²) in [6.45, 7) is 4.92. The number of benzene rings is 1. The molecule has 0 saturated heterocycles. The van der Waals surface area contributed by atoms with Crippen LogP contribution in [0.1, 0.15) is 51.3 Å². The molecule has 2 aromatic heterocycles. The van der Waals surface area contributed by atoms with E-state index < -0.39 is 0 Å². The molecule has 0 N–H and O–H groups in total. The fourth-order valence-electron chi connectivity index (χ4n) is 3.39. The first-order valence-corrected chi connectivity index (χ1v) is 11.8. The normalized spacial score (nSPS) is 10.8. The zero-order valence-electron chi connectivity index (χ0n) is 18.6. The molecular formula is C24H29FN4O2S. The van der Waals surface area contributed by atoms with Crippen LogP contribution in [0.25, 0.3) is 11.1 Å². The van der Waals surface area contributed by atoms with Crippen molar-refractivity contribution in [1.82, 2.24) is 14.3 Å². The van der Waals surface area contributed by atoms with Crippen LogP contribution in [0.15, 0.2) is 42.6 Å². The van der Waals surface area contributed by atoms with E-state index in [2.05, 4.69) is 19.2 Å². The molecule has 0 aliphatic carbocycles. The minimum atomic E-state index is -0.253. The summed E-state index contributed by atoms with van der Waals surface area (Å²) < 4.78 is 22.6. The van der Waals surface area contributed by atoms with Crippen molar-refractivity contribution in [3.63, 3.8) is 0 Å². The number of esters is 1. The summed E-state index contributed by atoms with van der Waals surface area (Å²) in [4.78, 5) is 22.6. The van der Waals surface area contributed by atoms with Gasteiger partial charge >= 0.3 is 5.97 Å². The number of anilines is 2. The predicted octanol–water partition coefficient (Wildman–Crippen LogP) is 6.09. The molecule has 0 amide bonds. The Morgan fingerprint density at radius 1 is 1.06 bits per heavy atom. The largest absolute Gasteiger partial charge is 0.466 e. The molecule has 0 spiro atoms. The van der Waals surface area contributed by atoms with Gasteiger partial charge in [-0.05, 0) is 62.1 Å². The molecule has 0 atom stereocenters. The standard InChI is InChI=1S/C24H29FN4O2S/c1-3-31-23(30)9-7-5-4-6-8-16-29(24-27-18(2)28-32-24)22-17-20(14-15-26-22)19-10-12-21(25)13-11-19/h10-15,17H,3-9,16H2,1-2H3. The third-order valence-corrected chi connectivity index (χ3v) is 5.85. The second-order valence-electron chi connectivity index (χ2n) is 7.51. The quantitative estimate of drug-likeness (QED) is 0.243. The van der Waals surface area contributed by atoms with Crippen LogP contribution in [0.5, 0.6) is 0 Å². The van der Waals surface area contributed by atoms with Gasteiger partial charge in [-0.3, -0.25) is 4.79 Å². The summed E-state index contributed by atoms with van der Waals surface area (Å²) in [7, 11) is 0. The summed E-state index contributed by atoms with van der Waals surface area (Å²) in [6.07, 6.45) is 7.21. The maximum absolute atomic E-state index is 13.3. The van der Waals surface area contributed by atoms with Crippen LogP contribution in [0.3, 0.4) is 0 Å². The number of hydrogen-bond donors (Lipinski definition) is 0. The van der Waals surface area contributed by atoms with Crippen molar-refractivity contribution in [2.45, 2.75) is 52.4 Å². The lowest BCUT2D eigenvalue weighted by Crippen LogP contribution is -2.19. The summed E-state index contributed by atoms with van der Waals surface area (Å²) in [5.74, 6) is 1.17. The number of carbonyl (C=O) groups is 1. The van der Waals surface area contributed by atoms with Crippen LogP contribution in [0.4, 0.5) is 15.3 Å². The number of hydrogen-bond acceptors (Lipinski definition) is 7. The van der Waals surface area contributed by atoms with Crippen LogP contribution >= 0.6 is 11.5 Å². The van der Waals surface area contributed by atoms with Gasteiger partial charge in [-0.25, -0.2) is 14.4 Å². The number of halogens is 1. The third kappa shape index (κ3) is 7.09. The molecule has 0 aliphatic rings. The molecule has 0 radical (unpaired) electrons. The summed E-state index contributed by atoms with van der Waals surface area (Å²) in [5, 5.41) is 0.813. The van der Waals surface area contributed by atoms with E-state index >= 15 is 0 Å². The Bertz CT molecular complexity index is 994. The Kier molecular flexibility index (Phi) is 9.10. The molecule has 2 heterocycles. The molecule has 0 aliphatic heterocycles. The molecule has 0 saturated carbocycles. The van der Waals surface area contributed by atoms with Crippen LogP contribution in [-0.4, -0.2) is 33.5 Å². The van der Waals surface area contributed by atoms with Crippen LogP contribution in [0, 0.1) is 12.7 Å². The fraction of sp³-hybridized carbons (Fsp3) is 0.417. The molecule has 170 valence electrons. The Labute approximate surface area is 192 Å². The van der Waals surface area contributed by atoms with Crippen LogP contribution in [-0.2, 0) is 9.53 Å². The van der Waals surface area contributed by atoms with Gasteiger partial charge in [0.1, 0.15) is 17.5 Å². The Balaban J connectivity index is 1.61. The average molecular weight is 457 g/mol. The number of carbonyl (C=O) groups excluding carboxylic acids is 1. The van der Waals surface area contributed by atoms with Crippen LogP contribution in [0.2, 0.25) is 0 Å². The topological polar surface area (TPSA) is 68.2 Å². The lowest BCUT2D eigenvalue weighted by atomic mass is 10.1. The van der Waals surface area contributed by atoms with Gasteiger partial charge in [-0.2, -0.15) is 4.37 Å². The highest BCUT2D eigenvalue weighted by Gasteiger charge is 2.16. The number of unbranched alkanes of at least 4 members (excludes halogenated alkanes) is 4. The highest BCUT2D eigenvalue weighted by Crippen LogP contribution is 2.29. The molecule has 6 nitrogen and oxygen atoms in total. The molecule has 0 bridgehead atoms. The van der Waals surface area contributed by atoms with Gasteiger partial charge in [-0.15, -0.1) is 0 Å². The first kappa shape index (κ1) is 23.8. The van der Waals surface area contributed by atoms with Crippen LogP contribution < -0.4 is 4.90 Å². The molecule has 32 heavy (non-hydrogen) atoms. The van der Waals surface area contributed by atoms with Gasteiger partial charge in [-0.1, -0.05) is 31.4 Å². The molecule has 0 fully saturated rings. The number of aryl methyl sites for hydroxylation is 1. The highest BCUT2D eigenvalue weighted by molar-refractivity contribution is 7.09. The molecule has 0 unspecified atom stereocenters. The van der Waals surface area contributed by atoms with Crippen molar-refractivity contribution in [2.24, 2.45) is 0 Å². The number of nitrogens with zero attached hydrogens (tertiary/aromatic N) is 4. The van der Waals surface area contributed by atoms with E-state index in [1.807, 2.05) is 26.0 Å². The predicted molar refractivity (Wildman–Crippen MR) is 126 cm³/mol. The Morgan fingerprint density at radius 2 is 1.81 bits per heavy atom. The Hall–Kier alpha value is -2.87. The molecule has 3 rings (SSSR count). The van der Waals surface area contributed by atoms with E-state index in [-0.39, 0.29) is 11.8 Å². The summed E-state index contributed by atoms with van der Waals surface area (Å²) in [5.41, 5.74) is 1.91. The fourth-order valence-corrected chi connectivity index (χ4v) is 4.11. The van der Waals surface area contributed by atoms with Gasteiger partial charge in [0.05, 0.1) is 6.61 Å². The maximum atomic E-state index is 13.3. The first-order chi connectivity index (χ1) is 15.6. The average Bonchev–Trinajstić information content (AvgIpc) is 3.22. The van der Waals surface area contributed by atoms with Crippen molar-refractivity contribution < 1.29 is 13.9 Å². The number of pyridine rings is 1. The van der Waals surface area contributed by atoms with E-state index in [1.165, 1.54) is 23.7 Å². The van der Waals surface area contributed by atoms with Crippen molar-refractivity contribution in [3.05, 3.63) is 54.2 Å². The molecule has 3 aromatic rings. The van der Waals surface area contributed by atoms with Crippen molar-refractivity contribution in [3.8, 4) is 11.1 Å². The van der Waals surface area contributed by atoms with E-state index in [9.17, 15) is 9.18 Å². The number of aromatic nitrogens is 3. The molecule has 8 heteroatoms.